The van der Waals surface area contributed by atoms with Gasteiger partial charge in [-0.2, -0.15) is 0 Å². The Bertz CT molecular complexity index is 364. The van der Waals surface area contributed by atoms with E-state index < -0.39 is 0 Å². The molecule has 0 bridgehead atoms. The number of aldehydes is 1. The first-order valence-electron chi connectivity index (χ1n) is 5.00. The molecule has 0 atom stereocenters. The molecule has 1 rings (SSSR count). The van der Waals surface area contributed by atoms with E-state index in [1.54, 1.807) is 6.20 Å². The predicted octanol–water partition coefficient (Wildman–Crippen LogP) is 2.26. The molecule has 0 N–H and O–H groups in total. The first-order chi connectivity index (χ1) is 6.88. The highest BCUT2D eigenvalue weighted by Crippen LogP contribution is 2.32. The quantitative estimate of drug-likeness (QED) is 0.696. The van der Waals surface area contributed by atoms with Gasteiger partial charge in [0.25, 0.3) is 0 Å². The van der Waals surface area contributed by atoms with Gasteiger partial charge in [-0.25, -0.2) is 0 Å². The van der Waals surface area contributed by atoms with Crippen LogP contribution in [0.3, 0.4) is 0 Å². The van der Waals surface area contributed by atoms with Crippen LogP contribution in [0.4, 0.5) is 5.69 Å². The molecule has 0 amide bonds. The van der Waals surface area contributed by atoms with E-state index in [1.165, 1.54) is 0 Å². The van der Waals surface area contributed by atoms with E-state index in [1.807, 2.05) is 25.1 Å². The van der Waals surface area contributed by atoms with Gasteiger partial charge >= 0.3 is 0 Å². The molecule has 0 unspecified atom stereocenters. The number of nitrogens with zero attached hydrogens (tertiary/aromatic N) is 2. The number of anilines is 1. The molecular weight excluding hydrogens is 188 g/mol. The van der Waals surface area contributed by atoms with Crippen LogP contribution in [0, 0.1) is 0 Å². The lowest BCUT2D eigenvalue weighted by atomic mass is 9.84. The standard InChI is InChI=1S/C12H18N2O/c1-12(2,3)11-9(8-15)13-7-6-10(11)14(4)5/h6-8H,1-5H3. The summed E-state index contributed by atoms with van der Waals surface area (Å²) in [6.07, 6.45) is 2.50. The molecule has 0 saturated carbocycles. The van der Waals surface area contributed by atoms with Crippen LogP contribution in [-0.4, -0.2) is 25.4 Å². The molecule has 3 nitrogen and oxygen atoms in total. The smallest absolute Gasteiger partial charge is 0.168 e. The van der Waals surface area contributed by atoms with E-state index in [9.17, 15) is 4.79 Å². The van der Waals surface area contributed by atoms with Crippen molar-refractivity contribution in [2.24, 2.45) is 0 Å². The topological polar surface area (TPSA) is 33.2 Å². The molecule has 15 heavy (non-hydrogen) atoms. The summed E-state index contributed by atoms with van der Waals surface area (Å²) in [6, 6.07) is 1.94. The fourth-order valence-electron chi connectivity index (χ4n) is 1.70. The van der Waals surface area contributed by atoms with Crippen molar-refractivity contribution in [3.8, 4) is 0 Å². The zero-order valence-electron chi connectivity index (χ0n) is 10.0. The van der Waals surface area contributed by atoms with Crippen LogP contribution in [0.15, 0.2) is 12.3 Å². The number of hydrogen-bond acceptors (Lipinski definition) is 3. The zero-order valence-corrected chi connectivity index (χ0v) is 10.0. The average molecular weight is 206 g/mol. The normalized spacial score (nSPS) is 11.3. The van der Waals surface area contributed by atoms with Crippen molar-refractivity contribution in [3.63, 3.8) is 0 Å². The van der Waals surface area contributed by atoms with E-state index in [0.717, 1.165) is 17.5 Å². The second kappa shape index (κ2) is 4.01. The van der Waals surface area contributed by atoms with Gasteiger partial charge in [0, 0.05) is 31.5 Å². The maximum atomic E-state index is 11.0. The van der Waals surface area contributed by atoms with Gasteiger partial charge in [-0.3, -0.25) is 9.78 Å². The van der Waals surface area contributed by atoms with E-state index in [0.29, 0.717) is 5.69 Å². The molecular formula is C12H18N2O. The summed E-state index contributed by atoms with van der Waals surface area (Å²) in [5, 5.41) is 0. The molecule has 0 aliphatic carbocycles. The maximum absolute atomic E-state index is 11.0. The summed E-state index contributed by atoms with van der Waals surface area (Å²) in [6.45, 7) is 6.26. The molecule has 0 aromatic carbocycles. The first-order valence-corrected chi connectivity index (χ1v) is 5.00. The van der Waals surface area contributed by atoms with E-state index in [4.69, 9.17) is 0 Å². The summed E-state index contributed by atoms with van der Waals surface area (Å²) in [5.41, 5.74) is 2.52. The Hall–Kier alpha value is -1.38. The summed E-state index contributed by atoms with van der Waals surface area (Å²) < 4.78 is 0. The van der Waals surface area contributed by atoms with Crippen LogP contribution in [0.2, 0.25) is 0 Å². The van der Waals surface area contributed by atoms with Gasteiger partial charge in [0.05, 0.1) is 0 Å². The molecule has 3 heteroatoms. The number of hydrogen-bond donors (Lipinski definition) is 0. The van der Waals surface area contributed by atoms with Gasteiger partial charge < -0.3 is 4.90 Å². The van der Waals surface area contributed by atoms with Crippen molar-refractivity contribution in [1.82, 2.24) is 4.98 Å². The van der Waals surface area contributed by atoms with Gasteiger partial charge in [-0.05, 0) is 11.5 Å². The molecule has 0 spiro atoms. The minimum absolute atomic E-state index is 0.0793. The molecule has 1 heterocycles. The van der Waals surface area contributed by atoms with Gasteiger partial charge in [0.15, 0.2) is 6.29 Å². The minimum Gasteiger partial charge on any atom is -0.377 e. The second-order valence-electron chi connectivity index (χ2n) is 4.85. The zero-order chi connectivity index (χ0) is 11.6. The van der Waals surface area contributed by atoms with Crippen molar-refractivity contribution in [1.29, 1.82) is 0 Å². The van der Waals surface area contributed by atoms with Gasteiger partial charge in [0.2, 0.25) is 0 Å². The van der Waals surface area contributed by atoms with Gasteiger partial charge in [-0.1, -0.05) is 20.8 Å². The van der Waals surface area contributed by atoms with E-state index in [-0.39, 0.29) is 5.41 Å². The highest BCUT2D eigenvalue weighted by Gasteiger charge is 2.23. The number of pyridine rings is 1. The SMILES string of the molecule is CN(C)c1ccnc(C=O)c1C(C)(C)C. The third-order valence-electron chi connectivity index (χ3n) is 2.30. The Balaban J connectivity index is 3.47. The second-order valence-corrected chi connectivity index (χ2v) is 4.85. The Kier molecular flexibility index (Phi) is 3.12. The average Bonchev–Trinajstić information content (AvgIpc) is 2.15. The van der Waals surface area contributed by atoms with Crippen LogP contribution in [-0.2, 0) is 5.41 Å². The third kappa shape index (κ3) is 2.35. The van der Waals surface area contributed by atoms with Crippen molar-refractivity contribution in [2.45, 2.75) is 26.2 Å². The molecule has 1 aromatic rings. The van der Waals surface area contributed by atoms with Crippen molar-refractivity contribution < 1.29 is 4.79 Å². The number of aromatic nitrogens is 1. The Morgan fingerprint density at radius 2 is 1.93 bits per heavy atom. The van der Waals surface area contributed by atoms with Crippen LogP contribution < -0.4 is 4.90 Å². The summed E-state index contributed by atoms with van der Waals surface area (Å²) in [7, 11) is 3.94. The van der Waals surface area contributed by atoms with Crippen molar-refractivity contribution >= 4 is 12.0 Å². The highest BCUT2D eigenvalue weighted by molar-refractivity contribution is 5.79. The fraction of sp³-hybridized carbons (Fsp3) is 0.500. The molecule has 0 aliphatic rings. The Morgan fingerprint density at radius 3 is 2.33 bits per heavy atom. The molecule has 82 valence electrons. The molecule has 0 aliphatic heterocycles. The summed E-state index contributed by atoms with van der Waals surface area (Å²) in [4.78, 5) is 17.1. The summed E-state index contributed by atoms with van der Waals surface area (Å²) in [5.74, 6) is 0. The largest absolute Gasteiger partial charge is 0.377 e. The van der Waals surface area contributed by atoms with Crippen LogP contribution in [0.25, 0.3) is 0 Å². The monoisotopic (exact) mass is 206 g/mol. The molecule has 0 radical (unpaired) electrons. The Labute approximate surface area is 91.1 Å². The molecule has 0 saturated heterocycles. The van der Waals surface area contributed by atoms with E-state index in [2.05, 4.69) is 25.8 Å². The number of rotatable bonds is 2. The lowest BCUT2D eigenvalue weighted by Crippen LogP contribution is -2.22. The van der Waals surface area contributed by atoms with Crippen molar-refractivity contribution in [3.05, 3.63) is 23.5 Å². The maximum Gasteiger partial charge on any atom is 0.168 e. The lowest BCUT2D eigenvalue weighted by Gasteiger charge is -2.27. The number of carbonyl (C=O) groups excluding carboxylic acids is 1. The predicted molar refractivity (Wildman–Crippen MR) is 62.7 cm³/mol. The summed E-state index contributed by atoms with van der Waals surface area (Å²) >= 11 is 0. The third-order valence-corrected chi connectivity index (χ3v) is 2.30. The molecule has 1 aromatic heterocycles. The highest BCUT2D eigenvalue weighted by atomic mass is 16.1. The van der Waals surface area contributed by atoms with Crippen LogP contribution >= 0.6 is 0 Å². The fourth-order valence-corrected chi connectivity index (χ4v) is 1.70. The van der Waals surface area contributed by atoms with Gasteiger partial charge in [0.1, 0.15) is 5.69 Å². The van der Waals surface area contributed by atoms with E-state index >= 15 is 0 Å². The molecule has 0 fully saturated rings. The van der Waals surface area contributed by atoms with Gasteiger partial charge in [-0.15, -0.1) is 0 Å². The van der Waals surface area contributed by atoms with Crippen LogP contribution in [0.1, 0.15) is 36.8 Å². The number of carbonyl (C=O) groups is 1. The minimum atomic E-state index is -0.0793. The Morgan fingerprint density at radius 1 is 1.33 bits per heavy atom. The van der Waals surface area contributed by atoms with Crippen LogP contribution in [0.5, 0.6) is 0 Å². The van der Waals surface area contributed by atoms with Crippen molar-refractivity contribution in [2.75, 3.05) is 19.0 Å². The lowest BCUT2D eigenvalue weighted by molar-refractivity contribution is 0.111. The first kappa shape index (κ1) is 11.7.